The maximum absolute atomic E-state index is 11.2. The van der Waals surface area contributed by atoms with E-state index in [1.807, 2.05) is 0 Å². The number of alkyl halides is 3. The highest BCUT2D eigenvalue weighted by molar-refractivity contribution is 4.73. The van der Waals surface area contributed by atoms with Gasteiger partial charge in [-0.25, -0.2) is 5.11 Å². The van der Waals surface area contributed by atoms with Gasteiger partial charge >= 0.3 is 6.18 Å². The first kappa shape index (κ1) is 7.75. The van der Waals surface area contributed by atoms with Gasteiger partial charge < -0.3 is 0 Å². The van der Waals surface area contributed by atoms with Crippen molar-refractivity contribution in [2.45, 2.75) is 25.6 Å². The van der Waals surface area contributed by atoms with Crippen molar-refractivity contribution in [2.75, 3.05) is 0 Å². The molecule has 0 aromatic carbocycles. The van der Waals surface area contributed by atoms with Crippen LogP contribution < -0.4 is 0 Å². The molecular formula is C4H6F3O. The molecule has 0 aliphatic carbocycles. The second-order valence-electron chi connectivity index (χ2n) is 2.01. The zero-order valence-corrected chi connectivity index (χ0v) is 4.54. The Morgan fingerprint density at radius 1 is 1.12 bits per heavy atom. The Morgan fingerprint density at radius 3 is 1.25 bits per heavy atom. The molecule has 8 heavy (non-hydrogen) atoms. The van der Waals surface area contributed by atoms with Crippen LogP contribution in [0.25, 0.3) is 0 Å². The van der Waals surface area contributed by atoms with Crippen molar-refractivity contribution < 1.29 is 18.3 Å². The maximum atomic E-state index is 11.2. The van der Waals surface area contributed by atoms with E-state index in [4.69, 9.17) is 0 Å². The minimum atomic E-state index is -4.62. The van der Waals surface area contributed by atoms with Gasteiger partial charge in [-0.15, -0.1) is 0 Å². The molecule has 0 saturated carbocycles. The number of rotatable bonds is 0. The molecular weight excluding hydrogens is 121 g/mol. The molecule has 49 valence electrons. The van der Waals surface area contributed by atoms with Crippen LogP contribution in [0.3, 0.4) is 0 Å². The Kier molecular flexibility index (Phi) is 1.57. The first-order valence-corrected chi connectivity index (χ1v) is 2.02. The molecule has 0 N–H and O–H groups in total. The van der Waals surface area contributed by atoms with Crippen LogP contribution in [0.15, 0.2) is 0 Å². The monoisotopic (exact) mass is 127 g/mol. The molecule has 0 fully saturated rings. The van der Waals surface area contributed by atoms with Crippen molar-refractivity contribution in [1.29, 1.82) is 0 Å². The summed E-state index contributed by atoms with van der Waals surface area (Å²) in [6.07, 6.45) is -4.62. The lowest BCUT2D eigenvalue weighted by molar-refractivity contribution is -0.266. The van der Waals surface area contributed by atoms with E-state index in [1.54, 1.807) is 0 Å². The van der Waals surface area contributed by atoms with E-state index in [1.165, 1.54) is 0 Å². The molecule has 0 aromatic heterocycles. The Bertz CT molecular complexity index is 66.3. The van der Waals surface area contributed by atoms with Crippen LogP contribution in [0.2, 0.25) is 0 Å². The van der Waals surface area contributed by atoms with E-state index in [2.05, 4.69) is 0 Å². The lowest BCUT2D eigenvalue weighted by Crippen LogP contribution is -2.37. The first-order valence-electron chi connectivity index (χ1n) is 2.02. The fourth-order valence-electron chi connectivity index (χ4n) is 0. The maximum Gasteiger partial charge on any atom is 0.420 e. The summed E-state index contributed by atoms with van der Waals surface area (Å²) >= 11 is 0. The standard InChI is InChI=1S/C4H6F3O/c1-3(2,8)4(5,6)7/h1-2H3. The molecule has 0 spiro atoms. The summed E-state index contributed by atoms with van der Waals surface area (Å²) in [6.45, 7) is 1.18. The molecule has 0 atom stereocenters. The average molecular weight is 127 g/mol. The van der Waals surface area contributed by atoms with Crippen molar-refractivity contribution in [2.24, 2.45) is 0 Å². The van der Waals surface area contributed by atoms with Gasteiger partial charge in [0, 0.05) is 0 Å². The quantitative estimate of drug-likeness (QED) is 0.472. The highest BCUT2D eigenvalue weighted by Gasteiger charge is 2.47. The average Bonchev–Trinajstić information content (AvgIpc) is 1.25. The first-order chi connectivity index (χ1) is 3.25. The molecule has 0 rings (SSSR count). The third-order valence-corrected chi connectivity index (χ3v) is 0.683. The molecule has 0 saturated heterocycles. The fourth-order valence-corrected chi connectivity index (χ4v) is 0. The van der Waals surface area contributed by atoms with E-state index >= 15 is 0 Å². The second kappa shape index (κ2) is 1.62. The Morgan fingerprint density at radius 2 is 1.25 bits per heavy atom. The number of hydrogen-bond acceptors (Lipinski definition) is 0. The summed E-state index contributed by atoms with van der Waals surface area (Å²) in [5.41, 5.74) is -2.81. The van der Waals surface area contributed by atoms with Crippen molar-refractivity contribution in [1.82, 2.24) is 0 Å². The molecule has 0 unspecified atom stereocenters. The van der Waals surface area contributed by atoms with Crippen LogP contribution in [0.5, 0.6) is 0 Å². The largest absolute Gasteiger partial charge is 0.420 e. The van der Waals surface area contributed by atoms with Gasteiger partial charge in [0.25, 0.3) is 0 Å². The van der Waals surface area contributed by atoms with Gasteiger partial charge in [-0.05, 0) is 13.8 Å². The molecule has 0 heterocycles. The topological polar surface area (TPSA) is 19.9 Å². The minimum absolute atomic E-state index is 0.590. The summed E-state index contributed by atoms with van der Waals surface area (Å²) < 4.78 is 33.8. The smallest absolute Gasteiger partial charge is 0.220 e. The summed E-state index contributed by atoms with van der Waals surface area (Å²) in [6, 6.07) is 0. The summed E-state index contributed by atoms with van der Waals surface area (Å²) in [4.78, 5) is 0. The molecule has 0 aromatic rings. The Labute approximate surface area is 45.1 Å². The van der Waals surface area contributed by atoms with E-state index in [-0.39, 0.29) is 0 Å². The van der Waals surface area contributed by atoms with Gasteiger partial charge in [0.2, 0.25) is 0 Å². The van der Waals surface area contributed by atoms with Gasteiger partial charge in [0.1, 0.15) is 0 Å². The minimum Gasteiger partial charge on any atom is -0.220 e. The van der Waals surface area contributed by atoms with Crippen LogP contribution >= 0.6 is 0 Å². The predicted octanol–water partition coefficient (Wildman–Crippen LogP) is 1.76. The molecule has 0 amide bonds. The van der Waals surface area contributed by atoms with E-state index in [9.17, 15) is 18.3 Å². The number of hydrogen-bond donors (Lipinski definition) is 0. The molecule has 1 nitrogen and oxygen atoms in total. The second-order valence-corrected chi connectivity index (χ2v) is 2.01. The van der Waals surface area contributed by atoms with Crippen LogP contribution in [0.1, 0.15) is 13.8 Å². The SMILES string of the molecule is CC(C)([O])C(F)(F)F. The van der Waals surface area contributed by atoms with Gasteiger partial charge in [-0.1, -0.05) is 0 Å². The molecule has 0 aliphatic heterocycles. The number of halogens is 3. The van der Waals surface area contributed by atoms with E-state index in [0.29, 0.717) is 13.8 Å². The van der Waals surface area contributed by atoms with Crippen LogP contribution in [0, 0.1) is 0 Å². The fraction of sp³-hybridized carbons (Fsp3) is 1.00. The summed E-state index contributed by atoms with van der Waals surface area (Å²) in [7, 11) is 0. The van der Waals surface area contributed by atoms with Crippen LogP contribution in [-0.4, -0.2) is 11.8 Å². The predicted molar refractivity (Wildman–Crippen MR) is 20.8 cm³/mol. The highest BCUT2D eigenvalue weighted by atomic mass is 19.4. The van der Waals surface area contributed by atoms with Gasteiger partial charge in [0.05, 0.1) is 0 Å². The van der Waals surface area contributed by atoms with Gasteiger partial charge in [-0.2, -0.15) is 13.2 Å². The van der Waals surface area contributed by atoms with Crippen molar-refractivity contribution in [3.63, 3.8) is 0 Å². The Hall–Kier alpha value is -0.250. The molecule has 0 bridgehead atoms. The highest BCUT2D eigenvalue weighted by Crippen LogP contribution is 2.29. The zero-order valence-electron chi connectivity index (χ0n) is 4.54. The molecule has 1 radical (unpaired) electrons. The van der Waals surface area contributed by atoms with Gasteiger partial charge in [0.15, 0.2) is 5.60 Å². The third kappa shape index (κ3) is 1.69. The zero-order chi connectivity index (χ0) is 7.00. The lowest BCUT2D eigenvalue weighted by Gasteiger charge is -2.17. The third-order valence-electron chi connectivity index (χ3n) is 0.683. The van der Waals surface area contributed by atoms with E-state index < -0.39 is 11.8 Å². The van der Waals surface area contributed by atoms with E-state index in [0.717, 1.165) is 0 Å². The van der Waals surface area contributed by atoms with Gasteiger partial charge in [-0.3, -0.25) is 0 Å². The van der Waals surface area contributed by atoms with Crippen molar-refractivity contribution in [3.05, 3.63) is 0 Å². The van der Waals surface area contributed by atoms with Crippen molar-refractivity contribution >= 4 is 0 Å². The van der Waals surface area contributed by atoms with Crippen LogP contribution in [-0.2, 0) is 5.11 Å². The molecule has 0 aliphatic rings. The lowest BCUT2D eigenvalue weighted by atomic mass is 10.1. The summed E-state index contributed by atoms with van der Waals surface area (Å²) in [5.74, 6) is 0. The molecule has 4 heteroatoms. The van der Waals surface area contributed by atoms with Crippen molar-refractivity contribution in [3.8, 4) is 0 Å². The van der Waals surface area contributed by atoms with Crippen LogP contribution in [0.4, 0.5) is 13.2 Å². The Balaban J connectivity index is 4.02. The summed E-state index contributed by atoms with van der Waals surface area (Å²) in [5, 5.41) is 10.0. The normalized spacial score (nSPS) is 14.2.